The summed E-state index contributed by atoms with van der Waals surface area (Å²) in [6, 6.07) is 9.58. The summed E-state index contributed by atoms with van der Waals surface area (Å²) in [5.74, 6) is 0. The van der Waals surface area contributed by atoms with Crippen molar-refractivity contribution >= 4 is 21.6 Å². The van der Waals surface area contributed by atoms with E-state index in [0.29, 0.717) is 5.56 Å². The fourth-order valence-electron chi connectivity index (χ4n) is 1.83. The molecule has 2 aromatic carbocycles. The first-order valence-corrected chi connectivity index (χ1v) is 8.35. The number of alkyl halides is 3. The van der Waals surface area contributed by atoms with Gasteiger partial charge in [-0.05, 0) is 35.9 Å². The van der Waals surface area contributed by atoms with E-state index in [1.807, 2.05) is 6.07 Å². The Morgan fingerprint density at radius 2 is 1.75 bits per heavy atom. The van der Waals surface area contributed by atoms with Crippen LogP contribution in [0.1, 0.15) is 16.7 Å². The Labute approximate surface area is 141 Å². The van der Waals surface area contributed by atoms with Gasteiger partial charge in [-0.1, -0.05) is 23.7 Å². The molecule has 2 rings (SSSR count). The molecule has 0 amide bonds. The topological polar surface area (TPSA) is 70.0 Å². The van der Waals surface area contributed by atoms with Crippen molar-refractivity contribution in [2.24, 2.45) is 0 Å². The van der Waals surface area contributed by atoms with E-state index >= 15 is 0 Å². The third kappa shape index (κ3) is 4.26. The molecule has 0 bridgehead atoms. The maximum Gasteiger partial charge on any atom is 0.416 e. The maximum absolute atomic E-state index is 12.5. The number of nitrogens with zero attached hydrogens (tertiary/aromatic N) is 1. The van der Waals surface area contributed by atoms with Gasteiger partial charge in [0.15, 0.2) is 0 Å². The van der Waals surface area contributed by atoms with Crippen LogP contribution in [0.4, 0.5) is 13.2 Å². The molecule has 0 saturated carbocycles. The van der Waals surface area contributed by atoms with Gasteiger partial charge in [0, 0.05) is 6.54 Å². The first kappa shape index (κ1) is 18.3. The van der Waals surface area contributed by atoms with Crippen molar-refractivity contribution in [1.82, 2.24) is 4.72 Å². The fraction of sp³-hybridized carbons (Fsp3) is 0.133. The van der Waals surface area contributed by atoms with Gasteiger partial charge in [-0.3, -0.25) is 0 Å². The Hall–Kier alpha value is -2.08. The summed E-state index contributed by atoms with van der Waals surface area (Å²) >= 11 is 5.79. The molecule has 1 N–H and O–H groups in total. The van der Waals surface area contributed by atoms with Crippen molar-refractivity contribution in [2.75, 3.05) is 0 Å². The van der Waals surface area contributed by atoms with Gasteiger partial charge in [0.1, 0.15) is 6.07 Å². The lowest BCUT2D eigenvalue weighted by Gasteiger charge is -2.09. The van der Waals surface area contributed by atoms with Gasteiger partial charge < -0.3 is 0 Å². The summed E-state index contributed by atoms with van der Waals surface area (Å²) in [6.45, 7) is -0.182. The molecule has 0 aliphatic heterocycles. The third-order valence-corrected chi connectivity index (χ3v) is 4.83. The standard InChI is InChI=1S/C15H10ClF3N2O2S/c16-14-7-13(6-3-11(14)8-20)24(22,23)21-9-10-1-4-12(5-2-10)15(17,18)19/h1-7,21H,9H2. The number of hydrogen-bond acceptors (Lipinski definition) is 3. The molecule has 24 heavy (non-hydrogen) atoms. The Morgan fingerprint density at radius 3 is 2.25 bits per heavy atom. The van der Waals surface area contributed by atoms with Crippen LogP contribution in [-0.2, 0) is 22.7 Å². The molecule has 9 heteroatoms. The molecular formula is C15H10ClF3N2O2S. The molecule has 0 spiro atoms. The summed E-state index contributed by atoms with van der Waals surface area (Å²) in [5.41, 5.74) is -0.308. The molecule has 0 fully saturated rings. The average Bonchev–Trinajstić information content (AvgIpc) is 2.52. The second-order valence-corrected chi connectivity index (χ2v) is 6.95. The Balaban J connectivity index is 2.13. The lowest BCUT2D eigenvalue weighted by molar-refractivity contribution is -0.137. The van der Waals surface area contributed by atoms with Crippen LogP contribution >= 0.6 is 11.6 Å². The largest absolute Gasteiger partial charge is 0.416 e. The SMILES string of the molecule is N#Cc1ccc(S(=O)(=O)NCc2ccc(C(F)(F)F)cc2)cc1Cl. The number of halogens is 4. The zero-order valence-corrected chi connectivity index (χ0v) is 13.5. The van der Waals surface area contributed by atoms with Gasteiger partial charge in [0.05, 0.1) is 21.0 Å². The lowest BCUT2D eigenvalue weighted by atomic mass is 10.1. The van der Waals surface area contributed by atoms with E-state index in [2.05, 4.69) is 4.72 Å². The van der Waals surface area contributed by atoms with E-state index in [1.165, 1.54) is 24.3 Å². The van der Waals surface area contributed by atoms with E-state index in [4.69, 9.17) is 16.9 Å². The van der Waals surface area contributed by atoms with Gasteiger partial charge in [-0.2, -0.15) is 18.4 Å². The molecule has 0 atom stereocenters. The summed E-state index contributed by atoms with van der Waals surface area (Å²) in [7, 11) is -3.91. The predicted molar refractivity (Wildman–Crippen MR) is 81.6 cm³/mol. The van der Waals surface area contributed by atoms with Crippen molar-refractivity contribution in [1.29, 1.82) is 5.26 Å². The van der Waals surface area contributed by atoms with Crippen LogP contribution in [0.25, 0.3) is 0 Å². The van der Waals surface area contributed by atoms with Crippen LogP contribution in [0, 0.1) is 11.3 Å². The minimum atomic E-state index is -4.45. The van der Waals surface area contributed by atoms with Gasteiger partial charge in [0.2, 0.25) is 10.0 Å². The maximum atomic E-state index is 12.5. The van der Waals surface area contributed by atoms with Crippen molar-refractivity contribution < 1.29 is 21.6 Å². The molecule has 0 unspecified atom stereocenters. The van der Waals surface area contributed by atoms with Crippen LogP contribution in [0.2, 0.25) is 5.02 Å². The second-order valence-electron chi connectivity index (χ2n) is 4.77. The number of hydrogen-bond donors (Lipinski definition) is 1. The summed E-state index contributed by atoms with van der Waals surface area (Å²) in [5, 5.41) is 8.76. The van der Waals surface area contributed by atoms with Crippen LogP contribution in [0.15, 0.2) is 47.4 Å². The monoisotopic (exact) mass is 374 g/mol. The highest BCUT2D eigenvalue weighted by Gasteiger charge is 2.29. The van der Waals surface area contributed by atoms with Crippen molar-refractivity contribution in [3.63, 3.8) is 0 Å². The minimum absolute atomic E-state index is 0.00472. The lowest BCUT2D eigenvalue weighted by Crippen LogP contribution is -2.23. The molecule has 0 saturated heterocycles. The summed E-state index contributed by atoms with van der Waals surface area (Å²) in [4.78, 5) is -0.140. The van der Waals surface area contributed by atoms with Gasteiger partial charge in [-0.15, -0.1) is 0 Å². The predicted octanol–water partition coefficient (Wildman–Crippen LogP) is 3.71. The van der Waals surface area contributed by atoms with Crippen LogP contribution < -0.4 is 4.72 Å². The quantitative estimate of drug-likeness (QED) is 0.886. The normalized spacial score (nSPS) is 12.0. The van der Waals surface area contributed by atoms with Crippen molar-refractivity contribution in [3.8, 4) is 6.07 Å². The summed E-state index contributed by atoms with van der Waals surface area (Å²) < 4.78 is 64.0. The molecule has 0 aliphatic carbocycles. The highest BCUT2D eigenvalue weighted by molar-refractivity contribution is 7.89. The molecule has 126 valence electrons. The number of sulfonamides is 1. The van der Waals surface area contributed by atoms with E-state index in [9.17, 15) is 21.6 Å². The van der Waals surface area contributed by atoms with Crippen molar-refractivity contribution in [3.05, 3.63) is 64.2 Å². The van der Waals surface area contributed by atoms with Gasteiger partial charge >= 0.3 is 6.18 Å². The Bertz CT molecular complexity index is 888. The molecule has 0 radical (unpaired) electrons. The van der Waals surface area contributed by atoms with Crippen LogP contribution in [0.5, 0.6) is 0 Å². The molecule has 0 aliphatic rings. The van der Waals surface area contributed by atoms with Crippen LogP contribution in [-0.4, -0.2) is 8.42 Å². The molecule has 0 aromatic heterocycles. The van der Waals surface area contributed by atoms with Gasteiger partial charge in [-0.25, -0.2) is 13.1 Å². The van der Waals surface area contributed by atoms with Crippen molar-refractivity contribution in [2.45, 2.75) is 17.6 Å². The smallest absolute Gasteiger partial charge is 0.207 e. The molecular weight excluding hydrogens is 365 g/mol. The molecule has 0 heterocycles. The molecule has 2 aromatic rings. The third-order valence-electron chi connectivity index (χ3n) is 3.12. The number of benzene rings is 2. The zero-order chi connectivity index (χ0) is 18.0. The zero-order valence-electron chi connectivity index (χ0n) is 11.9. The average molecular weight is 375 g/mol. The summed E-state index contributed by atoms with van der Waals surface area (Å²) in [6.07, 6.45) is -4.45. The fourth-order valence-corrected chi connectivity index (χ4v) is 3.16. The van der Waals surface area contributed by atoms with E-state index in [1.54, 1.807) is 0 Å². The number of nitriles is 1. The Kier molecular flexibility index (Phi) is 5.18. The molecule has 4 nitrogen and oxygen atoms in total. The van der Waals surface area contributed by atoms with E-state index in [0.717, 1.165) is 18.2 Å². The second kappa shape index (κ2) is 6.81. The van der Waals surface area contributed by atoms with Gasteiger partial charge in [0.25, 0.3) is 0 Å². The Morgan fingerprint density at radius 1 is 1.12 bits per heavy atom. The highest BCUT2D eigenvalue weighted by Crippen LogP contribution is 2.29. The highest BCUT2D eigenvalue weighted by atomic mass is 35.5. The first-order chi connectivity index (χ1) is 11.1. The minimum Gasteiger partial charge on any atom is -0.207 e. The number of rotatable bonds is 4. The number of nitrogens with one attached hydrogen (secondary N) is 1. The van der Waals surface area contributed by atoms with E-state index < -0.39 is 21.8 Å². The van der Waals surface area contributed by atoms with Crippen LogP contribution in [0.3, 0.4) is 0 Å². The first-order valence-electron chi connectivity index (χ1n) is 6.49. The van der Waals surface area contributed by atoms with E-state index in [-0.39, 0.29) is 22.0 Å².